The molecule has 0 saturated carbocycles. The molecule has 0 N–H and O–H groups in total. The van der Waals surface area contributed by atoms with Crippen molar-refractivity contribution in [3.8, 4) is 0 Å². The zero-order valence-corrected chi connectivity index (χ0v) is 15.0. The number of cyclic esters (lactones) is 1. The molecule has 0 spiro atoms. The molecule has 2 saturated heterocycles. The second-order valence-electron chi connectivity index (χ2n) is 5.19. The van der Waals surface area contributed by atoms with Gasteiger partial charge in [-0.05, 0) is 25.5 Å². The van der Waals surface area contributed by atoms with Gasteiger partial charge < -0.3 is 14.4 Å². The zero-order chi connectivity index (χ0) is 16.1. The lowest BCUT2D eigenvalue weighted by atomic mass is 10.2. The van der Waals surface area contributed by atoms with Crippen molar-refractivity contribution in [3.63, 3.8) is 0 Å². The summed E-state index contributed by atoms with van der Waals surface area (Å²) in [6.45, 7) is 5.73. The molecule has 6 nitrogen and oxygen atoms in total. The summed E-state index contributed by atoms with van der Waals surface area (Å²) in [7, 11) is 0. The minimum atomic E-state index is -0.302. The maximum atomic E-state index is 11.9. The van der Waals surface area contributed by atoms with Gasteiger partial charge in [0.15, 0.2) is 0 Å². The van der Waals surface area contributed by atoms with Crippen LogP contribution in [0.5, 0.6) is 0 Å². The summed E-state index contributed by atoms with van der Waals surface area (Å²) in [5.74, 6) is -0.0176. The second kappa shape index (κ2) is 7.96. The summed E-state index contributed by atoms with van der Waals surface area (Å²) < 4.78 is 11.2. The summed E-state index contributed by atoms with van der Waals surface area (Å²) in [6, 6.07) is 0. The molecular formula is C15H21IN2O4. The molecule has 0 aromatic carbocycles. The van der Waals surface area contributed by atoms with Crippen LogP contribution in [-0.2, 0) is 14.3 Å². The van der Waals surface area contributed by atoms with Crippen molar-refractivity contribution in [2.75, 3.05) is 30.7 Å². The number of hydrogen-bond acceptors (Lipinski definition) is 4. The number of amides is 2. The fourth-order valence-corrected chi connectivity index (χ4v) is 2.88. The molecule has 0 aromatic heterocycles. The van der Waals surface area contributed by atoms with E-state index in [1.807, 2.05) is 26.0 Å². The summed E-state index contributed by atoms with van der Waals surface area (Å²) in [5.41, 5.74) is 1.76. The van der Waals surface area contributed by atoms with Crippen LogP contribution in [-0.4, -0.2) is 58.6 Å². The minimum Gasteiger partial charge on any atom is -0.443 e. The van der Waals surface area contributed by atoms with E-state index in [0.717, 1.165) is 22.2 Å². The Hall–Kier alpha value is -1.09. The van der Waals surface area contributed by atoms with Crippen molar-refractivity contribution in [2.45, 2.75) is 26.4 Å². The number of nitrogens with zero attached hydrogens (tertiary/aromatic N) is 2. The van der Waals surface area contributed by atoms with E-state index in [-0.39, 0.29) is 24.7 Å². The number of ether oxygens (including phenoxy) is 2. The van der Waals surface area contributed by atoms with E-state index in [2.05, 4.69) is 22.6 Å². The first-order valence-corrected chi connectivity index (χ1v) is 8.89. The molecule has 0 aromatic rings. The third-order valence-electron chi connectivity index (χ3n) is 3.68. The van der Waals surface area contributed by atoms with Gasteiger partial charge in [-0.25, -0.2) is 4.79 Å². The maximum Gasteiger partial charge on any atom is 0.414 e. The summed E-state index contributed by atoms with van der Waals surface area (Å²) in [6.07, 6.45) is 4.18. The van der Waals surface area contributed by atoms with E-state index in [9.17, 15) is 9.59 Å². The van der Waals surface area contributed by atoms with Gasteiger partial charge in [0.1, 0.15) is 12.7 Å². The number of rotatable bonds is 5. The van der Waals surface area contributed by atoms with Crippen LogP contribution in [0.25, 0.3) is 0 Å². The van der Waals surface area contributed by atoms with Gasteiger partial charge in [0.05, 0.1) is 13.2 Å². The Morgan fingerprint density at radius 2 is 2.14 bits per heavy atom. The van der Waals surface area contributed by atoms with Crippen molar-refractivity contribution in [2.24, 2.45) is 0 Å². The van der Waals surface area contributed by atoms with Crippen LogP contribution in [0.4, 0.5) is 4.79 Å². The van der Waals surface area contributed by atoms with Gasteiger partial charge in [-0.2, -0.15) is 0 Å². The van der Waals surface area contributed by atoms with Crippen LogP contribution < -0.4 is 0 Å². The quantitative estimate of drug-likeness (QED) is 0.389. The molecule has 22 heavy (non-hydrogen) atoms. The van der Waals surface area contributed by atoms with Crippen molar-refractivity contribution < 1.29 is 19.1 Å². The Kier molecular flexibility index (Phi) is 6.25. The van der Waals surface area contributed by atoms with Crippen LogP contribution in [0.2, 0.25) is 0 Å². The van der Waals surface area contributed by atoms with Crippen molar-refractivity contribution in [1.29, 1.82) is 0 Å². The Morgan fingerprint density at radius 3 is 2.73 bits per heavy atom. The van der Waals surface area contributed by atoms with E-state index in [0.29, 0.717) is 19.7 Å². The first kappa shape index (κ1) is 17.3. The van der Waals surface area contributed by atoms with Crippen LogP contribution in [0, 0.1) is 0 Å². The molecule has 2 heterocycles. The number of carbonyl (C=O) groups is 2. The smallest absolute Gasteiger partial charge is 0.414 e. The largest absolute Gasteiger partial charge is 0.443 e. The number of morpholine rings is 1. The molecule has 122 valence electrons. The molecule has 0 unspecified atom stereocenters. The molecule has 0 radical (unpaired) electrons. The van der Waals surface area contributed by atoms with Gasteiger partial charge in [-0.3, -0.25) is 9.69 Å². The molecule has 2 amide bonds. The van der Waals surface area contributed by atoms with Crippen LogP contribution >= 0.6 is 22.6 Å². The van der Waals surface area contributed by atoms with Gasteiger partial charge in [0.2, 0.25) is 0 Å². The maximum absolute atomic E-state index is 11.9. The van der Waals surface area contributed by atoms with Crippen molar-refractivity contribution >= 4 is 34.6 Å². The van der Waals surface area contributed by atoms with Crippen molar-refractivity contribution in [3.05, 3.63) is 23.5 Å². The first-order chi connectivity index (χ1) is 10.6. The zero-order valence-electron chi connectivity index (χ0n) is 12.9. The molecule has 7 heteroatoms. The summed E-state index contributed by atoms with van der Waals surface area (Å²) in [4.78, 5) is 27.1. The Bertz CT molecular complexity index is 504. The number of hydrogen-bond donors (Lipinski definition) is 0. The molecule has 1 atom stereocenters. The first-order valence-electron chi connectivity index (χ1n) is 7.36. The van der Waals surface area contributed by atoms with E-state index in [1.54, 1.807) is 9.80 Å². The molecule has 2 aliphatic heterocycles. The SMILES string of the molecule is CC/C(=C\C=C(/C)N1C[C@H](CI)OC1=O)N1CCOCC1=O. The van der Waals surface area contributed by atoms with Gasteiger partial charge in [0, 0.05) is 22.4 Å². The van der Waals surface area contributed by atoms with Crippen molar-refractivity contribution in [1.82, 2.24) is 9.80 Å². The average molecular weight is 420 g/mol. The van der Waals surface area contributed by atoms with Gasteiger partial charge >= 0.3 is 6.09 Å². The highest BCUT2D eigenvalue weighted by Gasteiger charge is 2.31. The van der Waals surface area contributed by atoms with Crippen LogP contribution in [0.15, 0.2) is 23.5 Å². The standard InChI is InChI=1S/C15H21IN2O4/c1-3-12(17-6-7-21-10-14(17)19)5-4-11(2)18-9-13(8-16)22-15(18)20/h4-5,13H,3,6-10H2,1-2H3/b11-4+,12-5+/t13-/m0/s1. The fraction of sp³-hybridized carbons (Fsp3) is 0.600. The number of alkyl halides is 1. The molecular weight excluding hydrogens is 399 g/mol. The number of allylic oxidation sites excluding steroid dienone is 4. The lowest BCUT2D eigenvalue weighted by Crippen LogP contribution is -2.40. The molecule has 2 aliphatic rings. The lowest BCUT2D eigenvalue weighted by Gasteiger charge is -2.28. The van der Waals surface area contributed by atoms with E-state index < -0.39 is 0 Å². The van der Waals surface area contributed by atoms with E-state index >= 15 is 0 Å². The predicted octanol–water partition coefficient (Wildman–Crippen LogP) is 2.30. The van der Waals surface area contributed by atoms with Crippen LogP contribution in [0.1, 0.15) is 20.3 Å². The summed E-state index contributed by atoms with van der Waals surface area (Å²) in [5, 5.41) is 0. The van der Waals surface area contributed by atoms with E-state index in [1.165, 1.54) is 0 Å². The van der Waals surface area contributed by atoms with Gasteiger partial charge in [-0.15, -0.1) is 0 Å². The predicted molar refractivity (Wildman–Crippen MR) is 90.5 cm³/mol. The number of carbonyl (C=O) groups excluding carboxylic acids is 2. The molecule has 0 bridgehead atoms. The number of halogens is 1. The third-order valence-corrected chi connectivity index (χ3v) is 4.67. The highest BCUT2D eigenvalue weighted by molar-refractivity contribution is 14.1. The third kappa shape index (κ3) is 4.01. The van der Waals surface area contributed by atoms with E-state index in [4.69, 9.17) is 9.47 Å². The minimum absolute atomic E-state index is 0.0176. The molecule has 2 rings (SSSR count). The highest BCUT2D eigenvalue weighted by Crippen LogP contribution is 2.19. The lowest BCUT2D eigenvalue weighted by molar-refractivity contribution is -0.140. The topological polar surface area (TPSA) is 59.1 Å². The Balaban J connectivity index is 2.09. The van der Waals surface area contributed by atoms with Crippen LogP contribution in [0.3, 0.4) is 0 Å². The fourth-order valence-electron chi connectivity index (χ4n) is 2.42. The highest BCUT2D eigenvalue weighted by atomic mass is 127. The normalized spacial score (nSPS) is 24.0. The van der Waals surface area contributed by atoms with Gasteiger partial charge in [0.25, 0.3) is 5.91 Å². The van der Waals surface area contributed by atoms with Gasteiger partial charge in [-0.1, -0.05) is 29.5 Å². The molecule has 0 aliphatic carbocycles. The monoisotopic (exact) mass is 420 g/mol. The average Bonchev–Trinajstić information content (AvgIpc) is 2.90. The Morgan fingerprint density at radius 1 is 1.36 bits per heavy atom. The summed E-state index contributed by atoms with van der Waals surface area (Å²) >= 11 is 2.21. The Labute approximate surface area is 144 Å². The second-order valence-corrected chi connectivity index (χ2v) is 6.07. The molecule has 2 fully saturated rings.